The van der Waals surface area contributed by atoms with Crippen molar-refractivity contribution in [3.05, 3.63) is 35.4 Å². The van der Waals surface area contributed by atoms with Gasteiger partial charge in [-0.2, -0.15) is 0 Å². The van der Waals surface area contributed by atoms with E-state index in [1.54, 1.807) is 0 Å². The Labute approximate surface area is 154 Å². The molecule has 6 nitrogen and oxygen atoms in total. The third-order valence-electron chi connectivity index (χ3n) is 6.29. The quantitative estimate of drug-likeness (QED) is 0.483. The van der Waals surface area contributed by atoms with Crippen molar-refractivity contribution in [2.24, 2.45) is 35.5 Å². The van der Waals surface area contributed by atoms with Crippen LogP contribution < -0.4 is 5.32 Å². The van der Waals surface area contributed by atoms with Gasteiger partial charge >= 0.3 is 0 Å². The SMILES string of the molecule is O=C(CN1C(=O)[C@@H]2[C@H]3C=C[C@@H]([C@@H]4C[C@@H]34)[C@H]2C1=O)Nc1ccc(Cl)cc1O. The second kappa shape index (κ2) is 5.33. The molecule has 6 atom stereocenters. The largest absolute Gasteiger partial charge is 0.506 e. The van der Waals surface area contributed by atoms with Crippen LogP contribution in [0.2, 0.25) is 5.02 Å². The lowest BCUT2D eigenvalue weighted by Gasteiger charge is -2.37. The third kappa shape index (κ3) is 2.14. The molecule has 0 aromatic heterocycles. The summed E-state index contributed by atoms with van der Waals surface area (Å²) in [5, 5.41) is 12.7. The van der Waals surface area contributed by atoms with Crippen LogP contribution in [-0.2, 0) is 14.4 Å². The topological polar surface area (TPSA) is 86.7 Å². The lowest BCUT2D eigenvalue weighted by Crippen LogP contribution is -2.40. The number of hydrogen-bond acceptors (Lipinski definition) is 4. The molecular formula is C19H17ClN2O4. The van der Waals surface area contributed by atoms with E-state index in [0.717, 1.165) is 11.3 Å². The van der Waals surface area contributed by atoms with Crippen molar-refractivity contribution in [1.82, 2.24) is 4.90 Å². The average molecular weight is 373 g/mol. The molecule has 0 radical (unpaired) electrons. The van der Waals surface area contributed by atoms with Crippen molar-refractivity contribution in [3.63, 3.8) is 0 Å². The molecule has 26 heavy (non-hydrogen) atoms. The molecule has 5 aliphatic rings. The number of nitrogens with zero attached hydrogens (tertiary/aromatic N) is 1. The van der Waals surface area contributed by atoms with Crippen LogP contribution in [0.1, 0.15) is 6.42 Å². The van der Waals surface area contributed by atoms with Gasteiger partial charge in [-0.05, 0) is 42.2 Å². The van der Waals surface area contributed by atoms with Crippen molar-refractivity contribution in [2.45, 2.75) is 6.42 Å². The van der Waals surface area contributed by atoms with Gasteiger partial charge < -0.3 is 10.4 Å². The maximum atomic E-state index is 12.8. The molecule has 6 rings (SSSR count). The number of halogens is 1. The van der Waals surface area contributed by atoms with E-state index in [1.165, 1.54) is 18.2 Å². The first-order valence-corrected chi connectivity index (χ1v) is 9.15. The number of benzene rings is 1. The Morgan fingerprint density at radius 1 is 1.15 bits per heavy atom. The number of allylic oxidation sites excluding steroid dienone is 2. The molecule has 2 N–H and O–H groups in total. The molecule has 3 fully saturated rings. The Kier molecular flexibility index (Phi) is 3.26. The highest BCUT2D eigenvalue weighted by Gasteiger charge is 2.67. The predicted octanol–water partition coefficient (Wildman–Crippen LogP) is 2.04. The number of phenols is 1. The van der Waals surface area contributed by atoms with Gasteiger partial charge in [0.25, 0.3) is 0 Å². The number of anilines is 1. The fraction of sp³-hybridized carbons (Fsp3) is 0.421. The van der Waals surface area contributed by atoms with Gasteiger partial charge in [-0.1, -0.05) is 23.8 Å². The van der Waals surface area contributed by atoms with Gasteiger partial charge in [-0.3, -0.25) is 19.3 Å². The van der Waals surface area contributed by atoms with E-state index in [4.69, 9.17) is 11.6 Å². The van der Waals surface area contributed by atoms with Gasteiger partial charge in [0.05, 0.1) is 17.5 Å². The van der Waals surface area contributed by atoms with Crippen molar-refractivity contribution in [3.8, 4) is 5.75 Å². The third-order valence-corrected chi connectivity index (χ3v) is 6.52. The second-order valence-electron chi connectivity index (χ2n) is 7.63. The van der Waals surface area contributed by atoms with E-state index in [-0.39, 0.29) is 53.5 Å². The molecule has 2 bridgehead atoms. The minimum absolute atomic E-state index is 0.139. The van der Waals surface area contributed by atoms with Crippen molar-refractivity contribution >= 4 is 35.0 Å². The highest BCUT2D eigenvalue weighted by molar-refractivity contribution is 6.30. The summed E-state index contributed by atoms with van der Waals surface area (Å²) in [7, 11) is 0. The summed E-state index contributed by atoms with van der Waals surface area (Å²) in [6.07, 6.45) is 5.30. The van der Waals surface area contributed by atoms with Crippen LogP contribution in [-0.4, -0.2) is 34.3 Å². The number of aromatic hydroxyl groups is 1. The summed E-state index contributed by atoms with van der Waals surface area (Å²) in [6.45, 7) is -0.332. The van der Waals surface area contributed by atoms with Crippen LogP contribution in [0.15, 0.2) is 30.4 Å². The van der Waals surface area contributed by atoms with Crippen molar-refractivity contribution in [2.75, 3.05) is 11.9 Å². The smallest absolute Gasteiger partial charge is 0.244 e. The molecule has 1 aliphatic heterocycles. The number of rotatable bonds is 3. The van der Waals surface area contributed by atoms with E-state index in [0.29, 0.717) is 16.9 Å². The molecule has 1 saturated heterocycles. The molecule has 3 amide bonds. The number of nitrogens with one attached hydrogen (secondary N) is 1. The van der Waals surface area contributed by atoms with Gasteiger partial charge in [0.1, 0.15) is 12.3 Å². The lowest BCUT2D eigenvalue weighted by molar-refractivity contribution is -0.142. The minimum Gasteiger partial charge on any atom is -0.506 e. The summed E-state index contributed by atoms with van der Waals surface area (Å²) in [4.78, 5) is 39.1. The summed E-state index contributed by atoms with van der Waals surface area (Å²) < 4.78 is 0. The van der Waals surface area contributed by atoms with Gasteiger partial charge in [0.2, 0.25) is 17.7 Å². The lowest BCUT2D eigenvalue weighted by atomic mass is 9.63. The highest BCUT2D eigenvalue weighted by atomic mass is 35.5. The van der Waals surface area contributed by atoms with Crippen LogP contribution in [0.4, 0.5) is 5.69 Å². The number of likely N-dealkylation sites (tertiary alicyclic amines) is 1. The van der Waals surface area contributed by atoms with E-state index < -0.39 is 5.91 Å². The number of imide groups is 1. The molecule has 2 saturated carbocycles. The Morgan fingerprint density at radius 3 is 2.35 bits per heavy atom. The standard InChI is InChI=1S/C19H17ClN2O4/c20-8-1-4-13(14(23)5-8)21-15(24)7-22-18(25)16-9-2-3-10(12-6-11(9)12)17(16)19(22)26/h1-5,9-12,16-17,23H,6-7H2,(H,21,24)/t9-,10-,11-,12-,16+,17+/m0/s1. The number of carbonyl (C=O) groups excluding carboxylic acids is 3. The van der Waals surface area contributed by atoms with Gasteiger partial charge in [0.15, 0.2) is 0 Å². The molecule has 1 aromatic rings. The van der Waals surface area contributed by atoms with Gasteiger partial charge in [0, 0.05) is 11.1 Å². The van der Waals surface area contributed by atoms with Crippen LogP contribution in [0.3, 0.4) is 0 Å². The van der Waals surface area contributed by atoms with Crippen molar-refractivity contribution < 1.29 is 19.5 Å². The van der Waals surface area contributed by atoms with E-state index in [9.17, 15) is 19.5 Å². The van der Waals surface area contributed by atoms with E-state index in [1.807, 2.05) is 0 Å². The maximum Gasteiger partial charge on any atom is 0.244 e. The number of carbonyl (C=O) groups is 3. The molecule has 134 valence electrons. The van der Waals surface area contributed by atoms with Crippen molar-refractivity contribution in [1.29, 1.82) is 0 Å². The van der Waals surface area contributed by atoms with E-state index in [2.05, 4.69) is 17.5 Å². The first-order chi connectivity index (χ1) is 12.5. The monoisotopic (exact) mass is 372 g/mol. The zero-order chi connectivity index (χ0) is 18.2. The number of hydrogen-bond donors (Lipinski definition) is 2. The number of amides is 3. The normalized spacial score (nSPS) is 36.1. The first kappa shape index (κ1) is 15.9. The fourth-order valence-corrected chi connectivity index (χ4v) is 5.28. The Bertz CT molecular complexity index is 846. The zero-order valence-electron chi connectivity index (χ0n) is 13.8. The molecule has 4 aliphatic carbocycles. The molecule has 0 unspecified atom stereocenters. The molecule has 0 spiro atoms. The Hall–Kier alpha value is -2.34. The van der Waals surface area contributed by atoms with Crippen LogP contribution in [0, 0.1) is 35.5 Å². The average Bonchev–Trinajstić information content (AvgIpc) is 3.39. The molecule has 1 heterocycles. The van der Waals surface area contributed by atoms with Crippen LogP contribution in [0.5, 0.6) is 5.75 Å². The zero-order valence-corrected chi connectivity index (χ0v) is 14.5. The summed E-state index contributed by atoms with van der Waals surface area (Å²) >= 11 is 5.77. The van der Waals surface area contributed by atoms with Crippen LogP contribution >= 0.6 is 11.6 Å². The summed E-state index contributed by atoms with van der Waals surface area (Å²) in [5.41, 5.74) is 0.193. The number of phenolic OH excluding ortho intramolecular Hbond substituents is 1. The van der Waals surface area contributed by atoms with E-state index >= 15 is 0 Å². The first-order valence-electron chi connectivity index (χ1n) is 8.77. The molecule has 7 heteroatoms. The molecule has 1 aromatic carbocycles. The Morgan fingerprint density at radius 2 is 1.77 bits per heavy atom. The maximum absolute atomic E-state index is 12.8. The fourth-order valence-electron chi connectivity index (χ4n) is 5.12. The Balaban J connectivity index is 1.33. The van der Waals surface area contributed by atoms with Crippen LogP contribution in [0.25, 0.3) is 0 Å². The van der Waals surface area contributed by atoms with Gasteiger partial charge in [-0.15, -0.1) is 0 Å². The molecular weight excluding hydrogens is 356 g/mol. The summed E-state index contributed by atoms with van der Waals surface area (Å²) in [5.74, 6) is -0.434. The second-order valence-corrected chi connectivity index (χ2v) is 8.06. The minimum atomic E-state index is -0.520. The highest BCUT2D eigenvalue weighted by Crippen LogP contribution is 2.65. The van der Waals surface area contributed by atoms with Gasteiger partial charge in [-0.25, -0.2) is 0 Å². The predicted molar refractivity (Wildman–Crippen MR) is 93.2 cm³/mol. The summed E-state index contributed by atoms with van der Waals surface area (Å²) in [6, 6.07) is 4.32.